The number of hydrogen-bond acceptors (Lipinski definition) is 4. The summed E-state index contributed by atoms with van der Waals surface area (Å²) in [5, 5.41) is 12.1. The highest BCUT2D eigenvalue weighted by Crippen LogP contribution is 2.38. The van der Waals surface area contributed by atoms with Gasteiger partial charge >= 0.3 is 5.97 Å². The summed E-state index contributed by atoms with van der Waals surface area (Å²) in [5.74, 6) is -0.635. The van der Waals surface area contributed by atoms with Crippen molar-refractivity contribution in [1.29, 1.82) is 0 Å². The molecule has 1 N–H and O–H groups in total. The summed E-state index contributed by atoms with van der Waals surface area (Å²) in [7, 11) is 1.68. The smallest absolute Gasteiger partial charge is 0.374 e. The molecule has 2 unspecified atom stereocenters. The highest BCUT2D eigenvalue weighted by Gasteiger charge is 2.34. The fourth-order valence-corrected chi connectivity index (χ4v) is 1.76. The number of rotatable bonds is 4. The van der Waals surface area contributed by atoms with Gasteiger partial charge in [-0.25, -0.2) is 4.79 Å². The predicted molar refractivity (Wildman–Crippen MR) is 57.7 cm³/mol. The molecular weight excluding hydrogens is 224 g/mol. The SMILES string of the molecule is CC1CC1CN(C)C(=O)c1cc(C(=O)O)on1. The van der Waals surface area contributed by atoms with Gasteiger partial charge in [-0.15, -0.1) is 0 Å². The number of aromatic nitrogens is 1. The van der Waals surface area contributed by atoms with Crippen LogP contribution in [0.5, 0.6) is 0 Å². The molecule has 1 aliphatic rings. The zero-order chi connectivity index (χ0) is 12.6. The molecule has 1 heterocycles. The lowest BCUT2D eigenvalue weighted by molar-refractivity contribution is 0.0649. The molecule has 1 aromatic rings. The summed E-state index contributed by atoms with van der Waals surface area (Å²) >= 11 is 0. The number of amides is 1. The van der Waals surface area contributed by atoms with E-state index in [-0.39, 0.29) is 17.4 Å². The van der Waals surface area contributed by atoms with Crippen LogP contribution in [0.4, 0.5) is 0 Å². The summed E-state index contributed by atoms with van der Waals surface area (Å²) in [4.78, 5) is 24.0. The van der Waals surface area contributed by atoms with Crippen molar-refractivity contribution in [2.75, 3.05) is 13.6 Å². The Morgan fingerprint density at radius 3 is 2.76 bits per heavy atom. The molecule has 0 saturated heterocycles. The van der Waals surface area contributed by atoms with Crippen LogP contribution in [-0.4, -0.2) is 40.6 Å². The highest BCUT2D eigenvalue weighted by atomic mass is 16.5. The molecule has 92 valence electrons. The number of carbonyl (C=O) groups is 2. The molecule has 6 nitrogen and oxygen atoms in total. The van der Waals surface area contributed by atoms with E-state index in [4.69, 9.17) is 5.11 Å². The standard InChI is InChI=1S/C11H14N2O4/c1-6-3-7(6)5-13(2)10(14)8-4-9(11(15)16)17-12-8/h4,6-7H,3,5H2,1-2H3,(H,15,16). The van der Waals surface area contributed by atoms with Crippen molar-refractivity contribution in [3.8, 4) is 0 Å². The molecule has 0 bridgehead atoms. The van der Waals surface area contributed by atoms with Gasteiger partial charge in [0.2, 0.25) is 5.76 Å². The largest absolute Gasteiger partial charge is 0.475 e. The second-order valence-corrected chi connectivity index (χ2v) is 4.54. The summed E-state index contributed by atoms with van der Waals surface area (Å²) in [5.41, 5.74) is 0.0400. The van der Waals surface area contributed by atoms with E-state index in [0.717, 1.165) is 12.5 Å². The van der Waals surface area contributed by atoms with Crippen molar-refractivity contribution >= 4 is 11.9 Å². The van der Waals surface area contributed by atoms with Crippen molar-refractivity contribution in [2.24, 2.45) is 11.8 Å². The molecule has 2 rings (SSSR count). The third-order valence-electron chi connectivity index (χ3n) is 3.07. The summed E-state index contributed by atoms with van der Waals surface area (Å²) in [6.07, 6.45) is 1.14. The summed E-state index contributed by atoms with van der Waals surface area (Å²) in [6.45, 7) is 2.82. The molecule has 2 atom stereocenters. The Bertz CT molecular complexity index is 454. The molecule has 0 spiro atoms. The summed E-state index contributed by atoms with van der Waals surface area (Å²) in [6, 6.07) is 1.15. The monoisotopic (exact) mass is 238 g/mol. The van der Waals surface area contributed by atoms with Gasteiger partial charge in [0.15, 0.2) is 5.69 Å². The minimum absolute atomic E-state index is 0.0400. The maximum Gasteiger partial charge on any atom is 0.374 e. The fourth-order valence-electron chi connectivity index (χ4n) is 1.76. The van der Waals surface area contributed by atoms with Crippen molar-refractivity contribution in [2.45, 2.75) is 13.3 Å². The second kappa shape index (κ2) is 4.20. The van der Waals surface area contributed by atoms with Gasteiger partial charge in [-0.1, -0.05) is 12.1 Å². The normalized spacial score (nSPS) is 22.2. The molecule has 0 aromatic carbocycles. The number of hydrogen-bond donors (Lipinski definition) is 1. The van der Waals surface area contributed by atoms with Crippen LogP contribution in [0, 0.1) is 11.8 Å². The van der Waals surface area contributed by atoms with Gasteiger partial charge in [0, 0.05) is 19.7 Å². The van der Waals surface area contributed by atoms with E-state index in [9.17, 15) is 9.59 Å². The van der Waals surface area contributed by atoms with E-state index >= 15 is 0 Å². The maximum absolute atomic E-state index is 11.9. The average molecular weight is 238 g/mol. The minimum atomic E-state index is -1.23. The molecule has 1 aromatic heterocycles. The molecule has 1 aliphatic carbocycles. The lowest BCUT2D eigenvalue weighted by Gasteiger charge is -2.14. The lowest BCUT2D eigenvalue weighted by atomic mass is 10.3. The Morgan fingerprint density at radius 2 is 2.29 bits per heavy atom. The van der Waals surface area contributed by atoms with E-state index in [2.05, 4.69) is 16.6 Å². The van der Waals surface area contributed by atoms with Crippen LogP contribution in [0.25, 0.3) is 0 Å². The first-order valence-electron chi connectivity index (χ1n) is 5.44. The third-order valence-corrected chi connectivity index (χ3v) is 3.07. The average Bonchev–Trinajstić information content (AvgIpc) is 2.82. The molecule has 1 saturated carbocycles. The lowest BCUT2D eigenvalue weighted by Crippen LogP contribution is -2.29. The highest BCUT2D eigenvalue weighted by molar-refractivity contribution is 5.94. The number of nitrogens with zero attached hydrogens (tertiary/aromatic N) is 2. The minimum Gasteiger partial charge on any atom is -0.475 e. The number of carboxylic acids is 1. The summed E-state index contributed by atoms with van der Waals surface area (Å²) < 4.78 is 4.54. The van der Waals surface area contributed by atoms with Crippen LogP contribution >= 0.6 is 0 Å². The van der Waals surface area contributed by atoms with Gasteiger partial charge in [-0.05, 0) is 18.3 Å². The van der Waals surface area contributed by atoms with Gasteiger partial charge in [0.25, 0.3) is 5.91 Å². The second-order valence-electron chi connectivity index (χ2n) is 4.54. The quantitative estimate of drug-likeness (QED) is 0.849. The molecular formula is C11H14N2O4. The van der Waals surface area contributed by atoms with Crippen molar-refractivity contribution in [1.82, 2.24) is 10.1 Å². The molecule has 6 heteroatoms. The van der Waals surface area contributed by atoms with E-state index in [1.54, 1.807) is 11.9 Å². The molecule has 1 amide bonds. The Kier molecular flexibility index (Phi) is 2.87. The van der Waals surface area contributed by atoms with Crippen LogP contribution < -0.4 is 0 Å². The van der Waals surface area contributed by atoms with Crippen LogP contribution in [-0.2, 0) is 0 Å². The zero-order valence-electron chi connectivity index (χ0n) is 9.71. The first-order chi connectivity index (χ1) is 7.99. The first-order valence-corrected chi connectivity index (χ1v) is 5.44. The van der Waals surface area contributed by atoms with Gasteiger partial charge in [0.05, 0.1) is 0 Å². The fraction of sp³-hybridized carbons (Fsp3) is 0.545. The Balaban J connectivity index is 2.00. The topological polar surface area (TPSA) is 83.6 Å². The van der Waals surface area contributed by atoms with E-state index in [0.29, 0.717) is 18.4 Å². The van der Waals surface area contributed by atoms with E-state index in [1.165, 1.54) is 0 Å². The zero-order valence-corrected chi connectivity index (χ0v) is 9.71. The Morgan fingerprint density at radius 1 is 1.65 bits per heavy atom. The molecule has 1 fully saturated rings. The number of aromatic carboxylic acids is 1. The molecule has 17 heavy (non-hydrogen) atoms. The van der Waals surface area contributed by atoms with E-state index < -0.39 is 5.97 Å². The first kappa shape index (κ1) is 11.6. The van der Waals surface area contributed by atoms with Crippen molar-refractivity contribution < 1.29 is 19.2 Å². The van der Waals surface area contributed by atoms with Crippen LogP contribution in [0.3, 0.4) is 0 Å². The number of carboxylic acid groups (broad SMARTS) is 1. The van der Waals surface area contributed by atoms with Crippen LogP contribution in [0.15, 0.2) is 10.6 Å². The molecule has 0 radical (unpaired) electrons. The molecule has 0 aliphatic heterocycles. The number of carbonyl (C=O) groups excluding carboxylic acids is 1. The van der Waals surface area contributed by atoms with Gasteiger partial charge in [-0.3, -0.25) is 4.79 Å². The van der Waals surface area contributed by atoms with Gasteiger partial charge in [-0.2, -0.15) is 0 Å². The van der Waals surface area contributed by atoms with E-state index in [1.807, 2.05) is 0 Å². The van der Waals surface area contributed by atoms with Gasteiger partial charge < -0.3 is 14.5 Å². The Labute approximate surface area is 98.2 Å². The van der Waals surface area contributed by atoms with Crippen molar-refractivity contribution in [3.63, 3.8) is 0 Å². The maximum atomic E-state index is 11.9. The van der Waals surface area contributed by atoms with Crippen LogP contribution in [0.2, 0.25) is 0 Å². The Hall–Kier alpha value is -1.85. The van der Waals surface area contributed by atoms with Crippen LogP contribution in [0.1, 0.15) is 34.4 Å². The predicted octanol–water partition coefficient (Wildman–Crippen LogP) is 1.10. The van der Waals surface area contributed by atoms with Crippen molar-refractivity contribution in [3.05, 3.63) is 17.5 Å². The van der Waals surface area contributed by atoms with Gasteiger partial charge in [0.1, 0.15) is 0 Å². The third kappa shape index (κ3) is 2.46.